The molecule has 0 aliphatic rings. The van der Waals surface area contributed by atoms with Crippen LogP contribution in [0.3, 0.4) is 0 Å². The molecule has 0 fully saturated rings. The van der Waals surface area contributed by atoms with E-state index in [9.17, 15) is 5.11 Å². The number of pyridine rings is 1. The first-order valence-electron chi connectivity index (χ1n) is 8.18. The monoisotopic (exact) mass is 476 g/mol. The smallest absolute Gasteiger partial charge is 0.193 e. The van der Waals surface area contributed by atoms with Crippen molar-refractivity contribution >= 4 is 35.6 Å². The van der Waals surface area contributed by atoms with E-state index in [2.05, 4.69) is 15.3 Å². The molecule has 0 saturated carbocycles. The lowest BCUT2D eigenvalue weighted by Crippen LogP contribution is -2.23. The fraction of sp³-hybridized carbons (Fsp3) is 0.100. The molecule has 0 radical (unpaired) electrons. The molecule has 3 rings (SSSR count). The van der Waals surface area contributed by atoms with E-state index in [1.807, 2.05) is 54.6 Å². The van der Waals surface area contributed by atoms with Gasteiger partial charge >= 0.3 is 0 Å². The molecular weight excluding hydrogens is 455 g/mol. The molecule has 4 N–H and O–H groups in total. The fourth-order valence-corrected chi connectivity index (χ4v) is 2.33. The predicted molar refractivity (Wildman–Crippen MR) is 118 cm³/mol. The minimum Gasteiger partial charge on any atom is -0.457 e. The van der Waals surface area contributed by atoms with Gasteiger partial charge in [-0.15, -0.1) is 24.0 Å². The Labute approximate surface area is 175 Å². The number of aliphatic hydroxyl groups excluding tert-OH is 1. The van der Waals surface area contributed by atoms with Gasteiger partial charge in [0.15, 0.2) is 5.96 Å². The van der Waals surface area contributed by atoms with Crippen LogP contribution >= 0.6 is 24.0 Å². The Hall–Kier alpha value is -2.65. The van der Waals surface area contributed by atoms with Crippen LogP contribution in [0.2, 0.25) is 0 Å². The van der Waals surface area contributed by atoms with Crippen molar-refractivity contribution in [2.45, 2.75) is 6.10 Å². The van der Waals surface area contributed by atoms with E-state index in [1.54, 1.807) is 24.5 Å². The molecule has 3 aromatic rings. The van der Waals surface area contributed by atoms with E-state index in [4.69, 9.17) is 10.5 Å². The van der Waals surface area contributed by atoms with Gasteiger partial charge in [0.05, 0.1) is 12.6 Å². The number of anilines is 1. The Morgan fingerprint density at radius 3 is 2.48 bits per heavy atom. The second-order valence-electron chi connectivity index (χ2n) is 5.59. The number of rotatable bonds is 6. The summed E-state index contributed by atoms with van der Waals surface area (Å²) in [5.41, 5.74) is 7.40. The number of benzene rings is 2. The number of guanidine groups is 1. The summed E-state index contributed by atoms with van der Waals surface area (Å²) in [6, 6.07) is 20.4. The number of nitrogens with one attached hydrogen (secondary N) is 1. The molecule has 0 bridgehead atoms. The van der Waals surface area contributed by atoms with Crippen LogP contribution in [0.5, 0.6) is 11.5 Å². The van der Waals surface area contributed by atoms with Gasteiger partial charge in [0.25, 0.3) is 0 Å². The third-order valence-electron chi connectivity index (χ3n) is 3.61. The molecule has 0 saturated heterocycles. The molecule has 0 spiro atoms. The van der Waals surface area contributed by atoms with Crippen molar-refractivity contribution in [3.05, 3.63) is 84.7 Å². The molecule has 0 aliphatic carbocycles. The molecule has 1 atom stereocenters. The summed E-state index contributed by atoms with van der Waals surface area (Å²) in [6.45, 7) is 0.156. The molecule has 7 heteroatoms. The predicted octanol–water partition coefficient (Wildman–Crippen LogP) is 3.95. The van der Waals surface area contributed by atoms with Gasteiger partial charge in [0, 0.05) is 24.1 Å². The Kier molecular flexibility index (Phi) is 8.02. The summed E-state index contributed by atoms with van der Waals surface area (Å²) in [7, 11) is 0. The zero-order valence-electron chi connectivity index (χ0n) is 14.5. The van der Waals surface area contributed by atoms with Gasteiger partial charge in [-0.25, -0.2) is 0 Å². The Morgan fingerprint density at radius 1 is 1.04 bits per heavy atom. The molecular formula is C20H21IN4O2. The highest BCUT2D eigenvalue weighted by Crippen LogP contribution is 2.23. The van der Waals surface area contributed by atoms with E-state index in [0.29, 0.717) is 5.75 Å². The van der Waals surface area contributed by atoms with Crippen molar-refractivity contribution in [2.75, 3.05) is 11.9 Å². The molecule has 2 aromatic carbocycles. The highest BCUT2D eigenvalue weighted by atomic mass is 127. The van der Waals surface area contributed by atoms with Crippen LogP contribution in [0.4, 0.5) is 5.69 Å². The molecule has 0 amide bonds. The van der Waals surface area contributed by atoms with E-state index in [0.717, 1.165) is 17.0 Å². The van der Waals surface area contributed by atoms with Gasteiger partial charge in [-0.3, -0.25) is 9.98 Å². The first-order valence-corrected chi connectivity index (χ1v) is 8.18. The highest BCUT2D eigenvalue weighted by Gasteiger charge is 2.06. The fourth-order valence-electron chi connectivity index (χ4n) is 2.33. The van der Waals surface area contributed by atoms with Gasteiger partial charge in [0.1, 0.15) is 11.5 Å². The minimum absolute atomic E-state index is 0. The molecule has 0 aliphatic heterocycles. The largest absolute Gasteiger partial charge is 0.457 e. The van der Waals surface area contributed by atoms with Gasteiger partial charge in [-0.2, -0.15) is 0 Å². The minimum atomic E-state index is -0.730. The van der Waals surface area contributed by atoms with Crippen molar-refractivity contribution in [3.8, 4) is 11.5 Å². The van der Waals surface area contributed by atoms with Crippen molar-refractivity contribution < 1.29 is 9.84 Å². The number of halogens is 1. The Bertz CT molecular complexity index is 860. The molecule has 140 valence electrons. The number of aromatic nitrogens is 1. The molecule has 6 nitrogen and oxygen atoms in total. The number of para-hydroxylation sites is 1. The van der Waals surface area contributed by atoms with Crippen molar-refractivity contribution in [1.29, 1.82) is 0 Å². The summed E-state index contributed by atoms with van der Waals surface area (Å²) in [5, 5.41) is 13.1. The van der Waals surface area contributed by atoms with Crippen LogP contribution in [0.15, 0.2) is 84.1 Å². The maximum absolute atomic E-state index is 10.1. The number of aliphatic hydroxyl groups is 1. The zero-order valence-corrected chi connectivity index (χ0v) is 16.9. The lowest BCUT2D eigenvalue weighted by molar-refractivity contribution is 0.187. The van der Waals surface area contributed by atoms with E-state index < -0.39 is 6.10 Å². The first kappa shape index (κ1) is 20.7. The summed E-state index contributed by atoms with van der Waals surface area (Å²) in [6.07, 6.45) is 2.52. The summed E-state index contributed by atoms with van der Waals surface area (Å²) in [5.74, 6) is 1.66. The summed E-state index contributed by atoms with van der Waals surface area (Å²) < 4.78 is 5.79. The van der Waals surface area contributed by atoms with Crippen LogP contribution < -0.4 is 15.8 Å². The molecule has 27 heavy (non-hydrogen) atoms. The standard InChI is InChI=1S/C20H20N4O2.HI/c21-20(23-14-19(25)15-9-11-22-12-10-15)24-16-5-4-8-18(13-16)26-17-6-2-1-3-7-17;/h1-13,19,25H,14H2,(H3,21,23,24);1H. The highest BCUT2D eigenvalue weighted by molar-refractivity contribution is 14.0. The van der Waals surface area contributed by atoms with E-state index >= 15 is 0 Å². The maximum atomic E-state index is 10.1. The van der Waals surface area contributed by atoms with Gasteiger partial charge < -0.3 is 20.9 Å². The topological polar surface area (TPSA) is 92.8 Å². The van der Waals surface area contributed by atoms with E-state index in [1.165, 1.54) is 0 Å². The number of ether oxygens (including phenoxy) is 1. The van der Waals surface area contributed by atoms with Crippen LogP contribution in [0.25, 0.3) is 0 Å². The van der Waals surface area contributed by atoms with Crippen molar-refractivity contribution in [2.24, 2.45) is 10.7 Å². The number of nitrogens with zero attached hydrogens (tertiary/aromatic N) is 2. The SMILES string of the molecule is I.NC(=NCC(O)c1ccncc1)Nc1cccc(Oc2ccccc2)c1. The number of hydrogen-bond donors (Lipinski definition) is 3. The zero-order chi connectivity index (χ0) is 18.2. The van der Waals surface area contributed by atoms with Crippen LogP contribution in [0.1, 0.15) is 11.7 Å². The third kappa shape index (κ3) is 6.54. The number of aliphatic imine (C=N–C) groups is 1. The quantitative estimate of drug-likeness (QED) is 0.285. The number of nitrogens with two attached hydrogens (primary N) is 1. The molecule has 1 aromatic heterocycles. The normalized spacial score (nSPS) is 12.0. The van der Waals surface area contributed by atoms with Crippen molar-refractivity contribution in [1.82, 2.24) is 4.98 Å². The first-order chi connectivity index (χ1) is 12.7. The maximum Gasteiger partial charge on any atom is 0.193 e. The second kappa shape index (κ2) is 10.5. The third-order valence-corrected chi connectivity index (χ3v) is 3.61. The van der Waals surface area contributed by atoms with Gasteiger partial charge in [-0.1, -0.05) is 24.3 Å². The van der Waals surface area contributed by atoms with Crippen LogP contribution in [-0.2, 0) is 0 Å². The van der Waals surface area contributed by atoms with Crippen LogP contribution in [0, 0.1) is 0 Å². The summed E-state index contributed by atoms with van der Waals surface area (Å²) >= 11 is 0. The number of hydrogen-bond acceptors (Lipinski definition) is 4. The van der Waals surface area contributed by atoms with Gasteiger partial charge in [-0.05, 0) is 42.0 Å². The van der Waals surface area contributed by atoms with Gasteiger partial charge in [0.2, 0.25) is 0 Å². The lowest BCUT2D eigenvalue weighted by Gasteiger charge is -2.11. The molecule has 1 unspecified atom stereocenters. The second-order valence-corrected chi connectivity index (χ2v) is 5.59. The molecule has 1 heterocycles. The van der Waals surface area contributed by atoms with E-state index in [-0.39, 0.29) is 36.5 Å². The Balaban J connectivity index is 0.00000261. The Morgan fingerprint density at radius 2 is 1.74 bits per heavy atom. The lowest BCUT2D eigenvalue weighted by atomic mass is 10.1. The van der Waals surface area contributed by atoms with Crippen molar-refractivity contribution in [3.63, 3.8) is 0 Å². The van der Waals surface area contributed by atoms with Crippen LogP contribution in [-0.4, -0.2) is 22.6 Å². The average molecular weight is 476 g/mol. The average Bonchev–Trinajstić information content (AvgIpc) is 2.68. The summed E-state index contributed by atoms with van der Waals surface area (Å²) in [4.78, 5) is 8.10.